The van der Waals surface area contributed by atoms with E-state index in [9.17, 15) is 9.59 Å². The largest absolute Gasteiger partial charge is 0.464 e. The van der Waals surface area contributed by atoms with Crippen LogP contribution in [0.25, 0.3) is 0 Å². The van der Waals surface area contributed by atoms with Gasteiger partial charge in [0.1, 0.15) is 6.04 Å². The fourth-order valence-corrected chi connectivity index (χ4v) is 3.24. The van der Waals surface area contributed by atoms with Crippen LogP contribution in [0.5, 0.6) is 0 Å². The van der Waals surface area contributed by atoms with Gasteiger partial charge in [0.2, 0.25) is 0 Å². The molecule has 0 aromatic heterocycles. The van der Waals surface area contributed by atoms with Crippen molar-refractivity contribution >= 4 is 12.1 Å². The van der Waals surface area contributed by atoms with Crippen LogP contribution >= 0.6 is 0 Å². The monoisotopic (exact) mass is 439 g/mol. The van der Waals surface area contributed by atoms with Crippen LogP contribution in [-0.2, 0) is 14.3 Å². The van der Waals surface area contributed by atoms with Gasteiger partial charge in [-0.2, -0.15) is 0 Å². The Morgan fingerprint density at radius 1 is 0.839 bits per heavy atom. The lowest BCUT2D eigenvalue weighted by Gasteiger charge is -2.20. The molecule has 1 N–H and O–H groups in total. The van der Waals surface area contributed by atoms with Gasteiger partial charge in [0, 0.05) is 0 Å². The summed E-state index contributed by atoms with van der Waals surface area (Å²) in [6.45, 7) is 12.5. The second-order valence-corrected chi connectivity index (χ2v) is 9.77. The molecule has 1 atom stereocenters. The topological polar surface area (TPSA) is 64.6 Å². The highest BCUT2D eigenvalue weighted by atomic mass is 16.6. The van der Waals surface area contributed by atoms with Gasteiger partial charge in [-0.05, 0) is 18.3 Å². The number of amides is 1. The highest BCUT2D eigenvalue weighted by molar-refractivity contribution is 5.81. The number of ether oxygens (including phenoxy) is 2. The van der Waals surface area contributed by atoms with Crippen molar-refractivity contribution in [2.24, 2.45) is 5.41 Å². The lowest BCUT2D eigenvalue weighted by Crippen LogP contribution is -2.42. The van der Waals surface area contributed by atoms with Gasteiger partial charge in [0.25, 0.3) is 0 Å². The normalized spacial score (nSPS) is 12.3. The number of nitrogens with one attached hydrogen (secondary N) is 1. The summed E-state index contributed by atoms with van der Waals surface area (Å²) in [6, 6.07) is -0.744. The number of alkyl carbamates (subject to hydrolysis) is 1. The minimum absolute atomic E-state index is 0.125. The molecule has 0 aromatic rings. The molecule has 182 valence electrons. The van der Waals surface area contributed by atoms with Gasteiger partial charge in [-0.15, -0.1) is 6.58 Å². The van der Waals surface area contributed by atoms with Gasteiger partial charge in [0.15, 0.2) is 0 Å². The summed E-state index contributed by atoms with van der Waals surface area (Å²) in [4.78, 5) is 24.2. The highest BCUT2D eigenvalue weighted by Gasteiger charge is 2.22. The summed E-state index contributed by atoms with van der Waals surface area (Å²) in [5.74, 6) is -0.424. The number of hydrogen-bond donors (Lipinski definition) is 1. The Balaban J connectivity index is 3.73. The fourth-order valence-electron chi connectivity index (χ4n) is 3.24. The van der Waals surface area contributed by atoms with Crippen LogP contribution in [0.2, 0.25) is 0 Å². The molecule has 5 nitrogen and oxygen atoms in total. The number of esters is 1. The van der Waals surface area contributed by atoms with Crippen molar-refractivity contribution in [3.8, 4) is 0 Å². The summed E-state index contributed by atoms with van der Waals surface area (Å²) in [7, 11) is 0. The average Bonchev–Trinajstić information content (AvgIpc) is 2.71. The molecule has 0 aromatic carbocycles. The van der Waals surface area contributed by atoms with E-state index < -0.39 is 18.1 Å². The van der Waals surface area contributed by atoms with Gasteiger partial charge in [-0.1, -0.05) is 111 Å². The SMILES string of the molecule is C=CCC(NC(=O)OCC(C)(C)C)C(=O)OCCCCCCCCCCCCCCC. The molecule has 1 amide bonds. The number of rotatable bonds is 19. The molecule has 0 aliphatic rings. The first-order valence-electron chi connectivity index (χ1n) is 12.5. The molecule has 0 spiro atoms. The molecular formula is C26H49NO4. The van der Waals surface area contributed by atoms with Gasteiger partial charge >= 0.3 is 12.1 Å². The summed E-state index contributed by atoms with van der Waals surface area (Å²) in [5.41, 5.74) is -0.125. The molecule has 0 saturated heterocycles. The molecular weight excluding hydrogens is 390 g/mol. The first-order valence-corrected chi connectivity index (χ1v) is 12.5. The van der Waals surface area contributed by atoms with Crippen LogP contribution in [-0.4, -0.2) is 31.3 Å². The predicted octanol–water partition coefficient (Wildman–Crippen LogP) is 7.34. The maximum absolute atomic E-state index is 12.2. The number of unbranched alkanes of at least 4 members (excludes halogenated alkanes) is 12. The van der Waals surface area contributed by atoms with E-state index in [1.807, 2.05) is 20.8 Å². The van der Waals surface area contributed by atoms with Crippen LogP contribution in [0.1, 0.15) is 118 Å². The standard InChI is InChI=1S/C26H49NO4/c1-6-8-9-10-11-12-13-14-15-16-17-18-19-21-30-24(28)23(20-7-2)27-25(29)31-22-26(3,4)5/h7,23H,2,6,8-22H2,1,3-5H3,(H,27,29). The Hall–Kier alpha value is -1.52. The molecule has 5 heteroatoms. The summed E-state index contributed by atoms with van der Waals surface area (Å²) in [5, 5.41) is 2.58. The van der Waals surface area contributed by atoms with Gasteiger partial charge in [-0.3, -0.25) is 0 Å². The first-order chi connectivity index (χ1) is 14.8. The maximum atomic E-state index is 12.2. The third-order valence-corrected chi connectivity index (χ3v) is 5.11. The fraction of sp³-hybridized carbons (Fsp3) is 0.846. The Morgan fingerprint density at radius 3 is 1.77 bits per heavy atom. The Kier molecular flexibility index (Phi) is 18.2. The first kappa shape index (κ1) is 29.5. The van der Waals surface area contributed by atoms with Crippen molar-refractivity contribution in [3.05, 3.63) is 12.7 Å². The summed E-state index contributed by atoms with van der Waals surface area (Å²) >= 11 is 0. The maximum Gasteiger partial charge on any atom is 0.407 e. The van der Waals surface area contributed by atoms with E-state index in [2.05, 4.69) is 18.8 Å². The molecule has 0 bridgehead atoms. The van der Waals surface area contributed by atoms with Crippen LogP contribution in [0, 0.1) is 5.41 Å². The van der Waals surface area contributed by atoms with E-state index in [4.69, 9.17) is 9.47 Å². The molecule has 0 saturated carbocycles. The molecule has 31 heavy (non-hydrogen) atoms. The van der Waals surface area contributed by atoms with E-state index in [0.29, 0.717) is 13.0 Å². The zero-order chi connectivity index (χ0) is 23.4. The number of carbonyl (C=O) groups is 2. The number of carbonyl (C=O) groups excluding carboxylic acids is 2. The van der Waals surface area contributed by atoms with E-state index in [0.717, 1.165) is 12.8 Å². The van der Waals surface area contributed by atoms with E-state index in [1.165, 1.54) is 70.6 Å². The molecule has 0 rings (SSSR count). The van der Waals surface area contributed by atoms with Crippen molar-refractivity contribution in [1.29, 1.82) is 0 Å². The summed E-state index contributed by atoms with van der Waals surface area (Å²) in [6.07, 6.45) is 17.9. The molecule has 0 aliphatic carbocycles. The molecule has 0 radical (unpaired) electrons. The van der Waals surface area contributed by atoms with Crippen molar-refractivity contribution in [2.45, 2.75) is 124 Å². The zero-order valence-electron chi connectivity index (χ0n) is 20.8. The van der Waals surface area contributed by atoms with E-state index in [1.54, 1.807) is 6.08 Å². The molecule has 0 aliphatic heterocycles. The Bertz CT molecular complexity index is 471. The van der Waals surface area contributed by atoms with Crippen molar-refractivity contribution in [2.75, 3.05) is 13.2 Å². The van der Waals surface area contributed by atoms with Crippen molar-refractivity contribution in [1.82, 2.24) is 5.32 Å². The molecule has 0 fully saturated rings. The second-order valence-electron chi connectivity index (χ2n) is 9.77. The van der Waals surface area contributed by atoms with Gasteiger partial charge in [0.05, 0.1) is 13.2 Å². The minimum Gasteiger partial charge on any atom is -0.464 e. The highest BCUT2D eigenvalue weighted by Crippen LogP contribution is 2.14. The van der Waals surface area contributed by atoms with E-state index in [-0.39, 0.29) is 12.0 Å². The quantitative estimate of drug-likeness (QED) is 0.130. The Morgan fingerprint density at radius 2 is 1.32 bits per heavy atom. The Labute approximate surface area is 191 Å². The van der Waals surface area contributed by atoms with Crippen LogP contribution in [0.3, 0.4) is 0 Å². The number of hydrogen-bond acceptors (Lipinski definition) is 4. The molecule has 0 heterocycles. The lowest BCUT2D eigenvalue weighted by molar-refractivity contribution is -0.146. The van der Waals surface area contributed by atoms with Crippen molar-refractivity contribution < 1.29 is 19.1 Å². The van der Waals surface area contributed by atoms with Crippen LogP contribution in [0.4, 0.5) is 4.79 Å². The lowest BCUT2D eigenvalue weighted by atomic mass is 9.99. The van der Waals surface area contributed by atoms with Crippen LogP contribution < -0.4 is 5.32 Å². The van der Waals surface area contributed by atoms with Crippen LogP contribution in [0.15, 0.2) is 12.7 Å². The third-order valence-electron chi connectivity index (χ3n) is 5.11. The van der Waals surface area contributed by atoms with Gasteiger partial charge in [-0.25, -0.2) is 9.59 Å². The third kappa shape index (κ3) is 20.2. The van der Waals surface area contributed by atoms with Gasteiger partial charge < -0.3 is 14.8 Å². The zero-order valence-corrected chi connectivity index (χ0v) is 20.8. The second kappa shape index (κ2) is 19.2. The predicted molar refractivity (Wildman–Crippen MR) is 129 cm³/mol. The average molecular weight is 440 g/mol. The van der Waals surface area contributed by atoms with E-state index >= 15 is 0 Å². The van der Waals surface area contributed by atoms with Crippen molar-refractivity contribution in [3.63, 3.8) is 0 Å². The summed E-state index contributed by atoms with van der Waals surface area (Å²) < 4.78 is 10.5. The molecule has 1 unspecified atom stereocenters. The smallest absolute Gasteiger partial charge is 0.407 e. The minimum atomic E-state index is -0.744.